The topological polar surface area (TPSA) is 9.23 Å². The van der Waals surface area contributed by atoms with Crippen molar-refractivity contribution in [2.45, 2.75) is 45.1 Å². The van der Waals surface area contributed by atoms with Crippen LogP contribution < -0.4 is 4.74 Å². The molecule has 1 fully saturated rings. The van der Waals surface area contributed by atoms with Crippen LogP contribution in [0.4, 0.5) is 8.78 Å². The minimum atomic E-state index is -0.892. The van der Waals surface area contributed by atoms with Crippen molar-refractivity contribution in [2.75, 3.05) is 0 Å². The van der Waals surface area contributed by atoms with E-state index in [0.29, 0.717) is 10.4 Å². The minimum absolute atomic E-state index is 0.00639. The number of hydrogen-bond donors (Lipinski definition) is 0. The van der Waals surface area contributed by atoms with E-state index < -0.39 is 11.6 Å². The van der Waals surface area contributed by atoms with Gasteiger partial charge in [-0.25, -0.2) is 4.39 Å². The van der Waals surface area contributed by atoms with Gasteiger partial charge >= 0.3 is 0 Å². The van der Waals surface area contributed by atoms with E-state index in [4.69, 9.17) is 4.74 Å². The van der Waals surface area contributed by atoms with Crippen LogP contribution in [-0.4, -0.2) is 6.10 Å². The first kappa shape index (κ1) is 13.8. The van der Waals surface area contributed by atoms with Gasteiger partial charge in [0.25, 0.3) is 0 Å². The van der Waals surface area contributed by atoms with Gasteiger partial charge in [-0.05, 0) is 37.3 Å². The summed E-state index contributed by atoms with van der Waals surface area (Å²) in [5.74, 6) is -1.11. The molecule has 1 aromatic rings. The van der Waals surface area contributed by atoms with Crippen LogP contribution in [-0.2, 0) is 0 Å². The van der Waals surface area contributed by atoms with Gasteiger partial charge in [-0.15, -0.1) is 0 Å². The van der Waals surface area contributed by atoms with Crippen molar-refractivity contribution in [2.24, 2.45) is 5.92 Å². The standard InChI is InChI=1S/C14H17BrF2O/c1-2-9-4-3-5-11(6-9)18-13-8-10(15)7-12(16)14(13)17/h7-9,11H,2-6H2,1H3. The molecule has 0 bridgehead atoms. The molecule has 100 valence electrons. The Hall–Kier alpha value is -0.640. The molecule has 0 heterocycles. The van der Waals surface area contributed by atoms with Crippen LogP contribution in [0, 0.1) is 17.6 Å². The molecule has 4 heteroatoms. The highest BCUT2D eigenvalue weighted by Crippen LogP contribution is 2.32. The Kier molecular flexibility index (Phi) is 4.60. The average Bonchev–Trinajstić information content (AvgIpc) is 2.35. The van der Waals surface area contributed by atoms with E-state index in [9.17, 15) is 8.78 Å². The second-order valence-electron chi connectivity index (χ2n) is 4.88. The van der Waals surface area contributed by atoms with E-state index in [-0.39, 0.29) is 11.9 Å². The highest BCUT2D eigenvalue weighted by Gasteiger charge is 2.23. The molecular formula is C14H17BrF2O. The lowest BCUT2D eigenvalue weighted by molar-refractivity contribution is 0.116. The monoisotopic (exact) mass is 318 g/mol. The molecule has 1 aliphatic rings. The van der Waals surface area contributed by atoms with Gasteiger partial charge in [0.15, 0.2) is 11.6 Å². The Morgan fingerprint density at radius 1 is 1.33 bits per heavy atom. The number of rotatable bonds is 3. The summed E-state index contributed by atoms with van der Waals surface area (Å²) < 4.78 is 33.0. The SMILES string of the molecule is CCC1CCCC(Oc2cc(Br)cc(F)c2F)C1. The number of benzene rings is 1. The van der Waals surface area contributed by atoms with Crippen LogP contribution >= 0.6 is 15.9 Å². The molecule has 0 N–H and O–H groups in total. The van der Waals surface area contributed by atoms with Crippen LogP contribution in [0.25, 0.3) is 0 Å². The lowest BCUT2D eigenvalue weighted by Gasteiger charge is -2.29. The third-order valence-electron chi connectivity index (χ3n) is 3.57. The van der Waals surface area contributed by atoms with Crippen molar-refractivity contribution in [1.29, 1.82) is 0 Å². The summed E-state index contributed by atoms with van der Waals surface area (Å²) in [5.41, 5.74) is 0. The molecule has 0 amide bonds. The summed E-state index contributed by atoms with van der Waals surface area (Å²) in [6.07, 6.45) is 5.29. The molecule has 0 aromatic heterocycles. The number of ether oxygens (including phenoxy) is 1. The second-order valence-corrected chi connectivity index (χ2v) is 5.80. The molecule has 0 spiro atoms. The first-order valence-corrected chi connectivity index (χ1v) is 7.20. The van der Waals surface area contributed by atoms with Crippen molar-refractivity contribution >= 4 is 15.9 Å². The zero-order valence-corrected chi connectivity index (χ0v) is 12.0. The molecule has 0 radical (unpaired) electrons. The summed E-state index contributed by atoms with van der Waals surface area (Å²) in [5, 5.41) is 0. The predicted octanol–water partition coefficient (Wildman–Crippen LogP) is 5.07. The fraction of sp³-hybridized carbons (Fsp3) is 0.571. The first-order chi connectivity index (χ1) is 8.60. The van der Waals surface area contributed by atoms with Crippen LogP contribution in [0.15, 0.2) is 16.6 Å². The van der Waals surface area contributed by atoms with Gasteiger partial charge in [-0.2, -0.15) is 4.39 Å². The molecule has 18 heavy (non-hydrogen) atoms. The molecule has 1 aliphatic carbocycles. The molecule has 1 nitrogen and oxygen atoms in total. The average molecular weight is 319 g/mol. The quantitative estimate of drug-likeness (QED) is 0.706. The summed E-state index contributed by atoms with van der Waals surface area (Å²) >= 11 is 3.15. The fourth-order valence-electron chi connectivity index (χ4n) is 2.52. The highest BCUT2D eigenvalue weighted by atomic mass is 79.9. The Bertz CT molecular complexity index is 423. The third kappa shape index (κ3) is 3.22. The summed E-state index contributed by atoms with van der Waals surface area (Å²) in [6.45, 7) is 2.16. The molecule has 2 rings (SSSR count). The van der Waals surface area contributed by atoms with E-state index in [1.54, 1.807) is 0 Å². The molecule has 2 atom stereocenters. The van der Waals surface area contributed by atoms with E-state index >= 15 is 0 Å². The largest absolute Gasteiger partial charge is 0.487 e. The Labute approximate surface area is 115 Å². The molecule has 2 unspecified atom stereocenters. The molecule has 1 saturated carbocycles. The predicted molar refractivity (Wildman–Crippen MR) is 70.7 cm³/mol. The Morgan fingerprint density at radius 3 is 2.83 bits per heavy atom. The summed E-state index contributed by atoms with van der Waals surface area (Å²) in [4.78, 5) is 0. The van der Waals surface area contributed by atoms with Crippen molar-refractivity contribution < 1.29 is 13.5 Å². The second kappa shape index (κ2) is 6.00. The maximum Gasteiger partial charge on any atom is 0.200 e. The van der Waals surface area contributed by atoms with E-state index in [2.05, 4.69) is 22.9 Å². The van der Waals surface area contributed by atoms with Gasteiger partial charge in [0.05, 0.1) is 6.10 Å². The maximum atomic E-state index is 13.6. The van der Waals surface area contributed by atoms with Crippen LogP contribution in [0.1, 0.15) is 39.0 Å². The van der Waals surface area contributed by atoms with Gasteiger partial charge in [-0.1, -0.05) is 35.7 Å². The van der Waals surface area contributed by atoms with E-state index in [1.807, 2.05) is 0 Å². The number of halogens is 3. The van der Waals surface area contributed by atoms with Crippen LogP contribution in [0.5, 0.6) is 5.75 Å². The summed E-state index contributed by atoms with van der Waals surface area (Å²) in [6, 6.07) is 2.60. The van der Waals surface area contributed by atoms with Crippen LogP contribution in [0.3, 0.4) is 0 Å². The van der Waals surface area contributed by atoms with Gasteiger partial charge in [-0.3, -0.25) is 0 Å². The van der Waals surface area contributed by atoms with Gasteiger partial charge in [0.2, 0.25) is 5.82 Å². The highest BCUT2D eigenvalue weighted by molar-refractivity contribution is 9.10. The zero-order chi connectivity index (χ0) is 13.1. The van der Waals surface area contributed by atoms with E-state index in [1.165, 1.54) is 12.5 Å². The fourth-order valence-corrected chi connectivity index (χ4v) is 2.93. The van der Waals surface area contributed by atoms with Crippen molar-refractivity contribution in [3.63, 3.8) is 0 Å². The normalized spacial score (nSPS) is 24.0. The lowest BCUT2D eigenvalue weighted by Crippen LogP contribution is -2.25. The molecular weight excluding hydrogens is 302 g/mol. The first-order valence-electron chi connectivity index (χ1n) is 6.41. The lowest BCUT2D eigenvalue weighted by atomic mass is 9.85. The Morgan fingerprint density at radius 2 is 2.11 bits per heavy atom. The van der Waals surface area contributed by atoms with Gasteiger partial charge in [0, 0.05) is 4.47 Å². The molecule has 1 aromatic carbocycles. The number of hydrogen-bond acceptors (Lipinski definition) is 1. The van der Waals surface area contributed by atoms with Crippen molar-refractivity contribution in [3.05, 3.63) is 28.2 Å². The van der Waals surface area contributed by atoms with Crippen molar-refractivity contribution in [1.82, 2.24) is 0 Å². The van der Waals surface area contributed by atoms with Crippen molar-refractivity contribution in [3.8, 4) is 5.75 Å². The molecule has 0 saturated heterocycles. The van der Waals surface area contributed by atoms with Gasteiger partial charge < -0.3 is 4.74 Å². The van der Waals surface area contributed by atoms with Crippen LogP contribution in [0.2, 0.25) is 0 Å². The van der Waals surface area contributed by atoms with E-state index in [0.717, 1.165) is 31.7 Å². The zero-order valence-electron chi connectivity index (χ0n) is 10.4. The summed E-state index contributed by atoms with van der Waals surface area (Å²) in [7, 11) is 0. The Balaban J connectivity index is 2.09. The maximum absolute atomic E-state index is 13.6. The van der Waals surface area contributed by atoms with Gasteiger partial charge in [0.1, 0.15) is 0 Å². The molecule has 0 aliphatic heterocycles. The third-order valence-corrected chi connectivity index (χ3v) is 4.02. The minimum Gasteiger partial charge on any atom is -0.487 e. The smallest absolute Gasteiger partial charge is 0.200 e.